The molecule has 1 heterocycles. The first-order valence-electron chi connectivity index (χ1n) is 5.90. The molecule has 0 aliphatic rings. The fourth-order valence-electron chi connectivity index (χ4n) is 1.72. The van der Waals surface area contributed by atoms with Crippen molar-refractivity contribution >= 4 is 5.69 Å². The van der Waals surface area contributed by atoms with Crippen LogP contribution in [0, 0.1) is 33.3 Å². The molecular weight excluding hydrogens is 270 g/mol. The molecule has 21 heavy (non-hydrogen) atoms. The number of aliphatic hydroxyl groups excluding tert-OH is 1. The molecule has 2 rings (SSSR count). The molecule has 0 saturated heterocycles. The molecule has 0 fully saturated rings. The second-order valence-corrected chi connectivity index (χ2v) is 4.00. The Morgan fingerprint density at radius 2 is 2.05 bits per heavy atom. The van der Waals surface area contributed by atoms with Crippen molar-refractivity contribution in [3.63, 3.8) is 0 Å². The van der Waals surface area contributed by atoms with Crippen LogP contribution in [0.1, 0.15) is 11.1 Å². The second kappa shape index (κ2) is 6.29. The van der Waals surface area contributed by atoms with Crippen LogP contribution in [-0.2, 0) is 0 Å². The van der Waals surface area contributed by atoms with E-state index in [1.807, 2.05) is 6.07 Å². The minimum absolute atomic E-state index is 0.172. The Hall–Kier alpha value is -3.22. The van der Waals surface area contributed by atoms with Gasteiger partial charge in [0.25, 0.3) is 5.69 Å². The van der Waals surface area contributed by atoms with E-state index in [1.165, 1.54) is 6.07 Å². The molecule has 1 aromatic carbocycles. The highest BCUT2D eigenvalue weighted by molar-refractivity contribution is 5.69. The van der Waals surface area contributed by atoms with Gasteiger partial charge in [0.1, 0.15) is 12.8 Å². The smallest absolute Gasteiger partial charge is 0.288 e. The average Bonchev–Trinajstić information content (AvgIpc) is 2.52. The zero-order valence-corrected chi connectivity index (χ0v) is 10.8. The van der Waals surface area contributed by atoms with Crippen molar-refractivity contribution in [3.05, 3.63) is 57.8 Å². The second-order valence-electron chi connectivity index (χ2n) is 4.00. The van der Waals surface area contributed by atoms with Crippen molar-refractivity contribution in [2.45, 2.75) is 0 Å². The van der Waals surface area contributed by atoms with E-state index >= 15 is 0 Å². The number of nitro groups is 1. The summed E-state index contributed by atoms with van der Waals surface area (Å²) in [7, 11) is 0. The summed E-state index contributed by atoms with van der Waals surface area (Å²) in [6, 6.07) is 9.95. The summed E-state index contributed by atoms with van der Waals surface area (Å²) in [4.78, 5) is 14.3. The van der Waals surface area contributed by atoms with Gasteiger partial charge in [-0.1, -0.05) is 24.0 Å². The first kappa shape index (κ1) is 14.2. The van der Waals surface area contributed by atoms with Gasteiger partial charge in [-0.2, -0.15) is 5.26 Å². The van der Waals surface area contributed by atoms with Crippen LogP contribution in [0.2, 0.25) is 0 Å². The first-order chi connectivity index (χ1) is 10.2. The maximum Gasteiger partial charge on any atom is 0.288 e. The Balaban J connectivity index is 2.55. The number of benzene rings is 1. The van der Waals surface area contributed by atoms with Crippen LogP contribution in [0.25, 0.3) is 11.3 Å². The molecule has 0 saturated carbocycles. The Kier molecular flexibility index (Phi) is 4.25. The lowest BCUT2D eigenvalue weighted by Crippen LogP contribution is -1.95. The topological polar surface area (TPSA) is 100 Å². The van der Waals surface area contributed by atoms with Gasteiger partial charge >= 0.3 is 0 Å². The first-order valence-corrected chi connectivity index (χ1v) is 5.90. The molecule has 1 N–H and O–H groups in total. The van der Waals surface area contributed by atoms with E-state index in [0.717, 1.165) is 6.20 Å². The number of nitriles is 1. The van der Waals surface area contributed by atoms with E-state index in [9.17, 15) is 10.1 Å². The third kappa shape index (κ3) is 3.21. The minimum atomic E-state index is -0.556. The fourth-order valence-corrected chi connectivity index (χ4v) is 1.72. The summed E-state index contributed by atoms with van der Waals surface area (Å²) in [5, 5.41) is 28.3. The minimum Gasteiger partial charge on any atom is -0.384 e. The van der Waals surface area contributed by atoms with E-state index in [2.05, 4.69) is 16.8 Å². The fraction of sp³-hybridized carbons (Fsp3) is 0.0667. The monoisotopic (exact) mass is 279 g/mol. The van der Waals surface area contributed by atoms with Crippen molar-refractivity contribution in [2.24, 2.45) is 0 Å². The maximum atomic E-state index is 10.8. The number of pyridine rings is 1. The molecule has 0 unspecified atom stereocenters. The molecule has 0 aliphatic carbocycles. The molecule has 0 amide bonds. The highest BCUT2D eigenvalue weighted by Crippen LogP contribution is 2.24. The molecule has 1 aromatic heterocycles. The van der Waals surface area contributed by atoms with Crippen LogP contribution < -0.4 is 0 Å². The van der Waals surface area contributed by atoms with Gasteiger partial charge in [-0.3, -0.25) is 10.1 Å². The molecule has 0 radical (unpaired) electrons. The van der Waals surface area contributed by atoms with E-state index < -0.39 is 4.92 Å². The van der Waals surface area contributed by atoms with Crippen LogP contribution >= 0.6 is 0 Å². The molecule has 0 bridgehead atoms. The zero-order chi connectivity index (χ0) is 15.2. The normalized spacial score (nSPS) is 9.33. The molecule has 0 spiro atoms. The van der Waals surface area contributed by atoms with Gasteiger partial charge in [0.15, 0.2) is 0 Å². The summed E-state index contributed by atoms with van der Waals surface area (Å²) in [6.07, 6.45) is 1.15. The summed E-state index contributed by atoms with van der Waals surface area (Å²) >= 11 is 0. The van der Waals surface area contributed by atoms with Crippen molar-refractivity contribution in [3.8, 4) is 29.2 Å². The van der Waals surface area contributed by atoms with Gasteiger partial charge in [-0.05, 0) is 12.1 Å². The average molecular weight is 279 g/mol. The van der Waals surface area contributed by atoms with Gasteiger partial charge in [0.05, 0.1) is 27.8 Å². The van der Waals surface area contributed by atoms with E-state index in [1.54, 1.807) is 24.3 Å². The Labute approximate surface area is 120 Å². The highest BCUT2D eigenvalue weighted by Gasteiger charge is 2.12. The molecule has 0 aliphatic heterocycles. The molecule has 102 valence electrons. The van der Waals surface area contributed by atoms with Crippen LogP contribution in [-0.4, -0.2) is 21.6 Å². The Morgan fingerprint density at radius 3 is 2.62 bits per heavy atom. The summed E-state index contributed by atoms with van der Waals surface area (Å²) in [5.74, 6) is 5.11. The Bertz CT molecular complexity index is 781. The van der Waals surface area contributed by atoms with Gasteiger partial charge < -0.3 is 5.11 Å². The third-order valence-electron chi connectivity index (χ3n) is 2.67. The van der Waals surface area contributed by atoms with Gasteiger partial charge in [0, 0.05) is 11.6 Å². The zero-order valence-electron chi connectivity index (χ0n) is 10.8. The van der Waals surface area contributed by atoms with E-state index in [4.69, 9.17) is 10.4 Å². The molecule has 0 atom stereocenters. The van der Waals surface area contributed by atoms with Crippen LogP contribution in [0.4, 0.5) is 5.69 Å². The lowest BCUT2D eigenvalue weighted by atomic mass is 10.0. The van der Waals surface area contributed by atoms with Crippen molar-refractivity contribution < 1.29 is 10.0 Å². The van der Waals surface area contributed by atoms with Gasteiger partial charge in [-0.25, -0.2) is 4.98 Å². The van der Waals surface area contributed by atoms with Crippen molar-refractivity contribution in [1.29, 1.82) is 5.26 Å². The maximum absolute atomic E-state index is 10.8. The highest BCUT2D eigenvalue weighted by atomic mass is 16.6. The van der Waals surface area contributed by atoms with Gasteiger partial charge in [0.2, 0.25) is 0 Å². The Morgan fingerprint density at radius 1 is 1.33 bits per heavy atom. The lowest BCUT2D eigenvalue weighted by Gasteiger charge is -2.04. The predicted octanol–water partition coefficient (Wildman–Crippen LogP) is 1.87. The number of aromatic nitrogens is 1. The number of hydrogen-bond acceptors (Lipinski definition) is 5. The van der Waals surface area contributed by atoms with Crippen LogP contribution in [0.15, 0.2) is 36.5 Å². The quantitative estimate of drug-likeness (QED) is 0.514. The molecular formula is C15H9N3O3. The van der Waals surface area contributed by atoms with Crippen molar-refractivity contribution in [1.82, 2.24) is 4.98 Å². The van der Waals surface area contributed by atoms with Crippen molar-refractivity contribution in [2.75, 3.05) is 6.61 Å². The molecule has 6 heteroatoms. The van der Waals surface area contributed by atoms with Gasteiger partial charge in [-0.15, -0.1) is 0 Å². The third-order valence-corrected chi connectivity index (χ3v) is 2.67. The predicted molar refractivity (Wildman–Crippen MR) is 75.0 cm³/mol. The SMILES string of the molecule is N#Cc1ccc(-c2ncc([N+](=O)[O-])cc2C#CCO)cc1. The molecule has 2 aromatic rings. The number of rotatable bonds is 2. The van der Waals surface area contributed by atoms with E-state index in [0.29, 0.717) is 22.4 Å². The largest absolute Gasteiger partial charge is 0.384 e. The standard InChI is InChI=1S/C15H9N3O3/c16-9-11-3-5-12(6-4-11)15-13(2-1-7-19)8-14(10-17-15)18(20)21/h3-6,8,10,19H,7H2. The number of aliphatic hydroxyl groups is 1. The van der Waals surface area contributed by atoms with Crippen LogP contribution in [0.3, 0.4) is 0 Å². The summed E-state index contributed by atoms with van der Waals surface area (Å²) in [6.45, 7) is -0.352. The van der Waals surface area contributed by atoms with E-state index in [-0.39, 0.29) is 12.3 Å². The lowest BCUT2D eigenvalue weighted by molar-refractivity contribution is -0.385. The number of nitrogens with zero attached hydrogens (tertiary/aromatic N) is 3. The summed E-state index contributed by atoms with van der Waals surface area (Å²) < 4.78 is 0. The number of hydrogen-bond donors (Lipinski definition) is 1. The molecule has 6 nitrogen and oxygen atoms in total. The van der Waals surface area contributed by atoms with Crippen LogP contribution in [0.5, 0.6) is 0 Å². The summed E-state index contributed by atoms with van der Waals surface area (Å²) in [5.41, 5.74) is 1.83.